The van der Waals surface area contributed by atoms with Gasteiger partial charge >= 0.3 is 0 Å². The van der Waals surface area contributed by atoms with E-state index in [9.17, 15) is 9.90 Å². The van der Waals surface area contributed by atoms with E-state index in [4.69, 9.17) is 4.42 Å². The van der Waals surface area contributed by atoms with E-state index in [1.54, 1.807) is 16.2 Å². The van der Waals surface area contributed by atoms with E-state index in [2.05, 4.69) is 10.2 Å². The highest BCUT2D eigenvalue weighted by molar-refractivity contribution is 7.09. The van der Waals surface area contributed by atoms with Gasteiger partial charge in [0, 0.05) is 30.7 Å². The Morgan fingerprint density at radius 1 is 1.22 bits per heavy atom. The Kier molecular flexibility index (Phi) is 7.83. The molecule has 7 heteroatoms. The number of rotatable bonds is 10. The molecule has 1 saturated carbocycles. The molecule has 27 heavy (non-hydrogen) atoms. The van der Waals surface area contributed by atoms with Crippen molar-refractivity contribution in [3.8, 4) is 0 Å². The Morgan fingerprint density at radius 2 is 2.00 bits per heavy atom. The zero-order chi connectivity index (χ0) is 18.9. The van der Waals surface area contributed by atoms with Gasteiger partial charge in [-0.1, -0.05) is 38.2 Å². The second kappa shape index (κ2) is 10.6. The van der Waals surface area contributed by atoms with Crippen molar-refractivity contribution in [2.45, 2.75) is 64.3 Å². The smallest absolute Gasteiger partial charge is 0.223 e. The molecule has 2 aromatic rings. The minimum Gasteiger partial charge on any atom is -0.425 e. The second-order valence-corrected chi connectivity index (χ2v) is 8.28. The van der Waals surface area contributed by atoms with E-state index in [-0.39, 0.29) is 12.5 Å². The molecule has 0 aromatic carbocycles. The number of aliphatic hydroxyl groups excluding tert-OH is 1. The van der Waals surface area contributed by atoms with Crippen LogP contribution in [0.2, 0.25) is 0 Å². The number of hydrogen-bond acceptors (Lipinski definition) is 6. The normalized spacial score (nSPS) is 15.1. The molecule has 0 radical (unpaired) electrons. The van der Waals surface area contributed by atoms with E-state index < -0.39 is 0 Å². The van der Waals surface area contributed by atoms with Crippen molar-refractivity contribution >= 4 is 17.2 Å². The number of aryl methyl sites for hydroxylation is 2. The van der Waals surface area contributed by atoms with Crippen LogP contribution in [0.25, 0.3) is 0 Å². The predicted octanol–water partition coefficient (Wildman–Crippen LogP) is 3.60. The van der Waals surface area contributed by atoms with Crippen LogP contribution in [-0.2, 0) is 24.2 Å². The molecule has 0 spiro atoms. The lowest BCUT2D eigenvalue weighted by Crippen LogP contribution is -2.33. The van der Waals surface area contributed by atoms with Gasteiger partial charge in [-0.3, -0.25) is 4.79 Å². The third-order valence-electron chi connectivity index (χ3n) is 5.20. The highest BCUT2D eigenvalue weighted by Gasteiger charge is 2.17. The quantitative estimate of drug-likeness (QED) is 0.669. The molecule has 1 aliphatic carbocycles. The SMILES string of the molecule is O=C(CCc1nnc(CCC2CCCCC2)o1)N(CCO)Cc1cccs1. The summed E-state index contributed by atoms with van der Waals surface area (Å²) in [5.74, 6) is 2.01. The van der Waals surface area contributed by atoms with E-state index in [0.29, 0.717) is 37.7 Å². The maximum atomic E-state index is 12.5. The first-order valence-electron chi connectivity index (χ1n) is 9.97. The van der Waals surface area contributed by atoms with Crippen molar-refractivity contribution in [2.75, 3.05) is 13.2 Å². The summed E-state index contributed by atoms with van der Waals surface area (Å²) in [6.07, 6.45) is 9.41. The van der Waals surface area contributed by atoms with Crippen LogP contribution in [0.3, 0.4) is 0 Å². The summed E-state index contributed by atoms with van der Waals surface area (Å²) in [6, 6.07) is 3.97. The molecule has 2 heterocycles. The molecule has 0 saturated heterocycles. The van der Waals surface area contributed by atoms with Crippen LogP contribution in [-0.4, -0.2) is 39.3 Å². The lowest BCUT2D eigenvalue weighted by Gasteiger charge is -2.20. The number of aliphatic hydroxyl groups is 1. The number of thiophene rings is 1. The zero-order valence-corrected chi connectivity index (χ0v) is 16.6. The van der Waals surface area contributed by atoms with Gasteiger partial charge in [-0.25, -0.2) is 0 Å². The van der Waals surface area contributed by atoms with Crippen LogP contribution >= 0.6 is 11.3 Å². The molecule has 2 aromatic heterocycles. The van der Waals surface area contributed by atoms with Gasteiger partial charge in [-0.2, -0.15) is 0 Å². The van der Waals surface area contributed by atoms with Gasteiger partial charge in [0.05, 0.1) is 13.2 Å². The molecule has 6 nitrogen and oxygen atoms in total. The van der Waals surface area contributed by atoms with Gasteiger partial charge in [0.25, 0.3) is 0 Å². The largest absolute Gasteiger partial charge is 0.425 e. The van der Waals surface area contributed by atoms with Crippen LogP contribution in [0.4, 0.5) is 0 Å². The van der Waals surface area contributed by atoms with Crippen LogP contribution in [0, 0.1) is 5.92 Å². The highest BCUT2D eigenvalue weighted by Crippen LogP contribution is 2.27. The average molecular weight is 392 g/mol. The maximum absolute atomic E-state index is 12.5. The predicted molar refractivity (Wildman–Crippen MR) is 104 cm³/mol. The van der Waals surface area contributed by atoms with Crippen LogP contribution in [0.1, 0.15) is 61.6 Å². The fourth-order valence-corrected chi connectivity index (χ4v) is 4.39. The Balaban J connectivity index is 1.44. The first-order valence-corrected chi connectivity index (χ1v) is 10.8. The summed E-state index contributed by atoms with van der Waals surface area (Å²) in [5, 5.41) is 19.5. The standard InChI is InChI=1S/C20H29N3O3S/c24-13-12-23(15-17-7-4-14-27-17)20(25)11-10-19-22-21-18(26-19)9-8-16-5-2-1-3-6-16/h4,7,14,16,24H,1-3,5-6,8-13,15H2. The van der Waals surface area contributed by atoms with Gasteiger partial charge < -0.3 is 14.4 Å². The van der Waals surface area contributed by atoms with Gasteiger partial charge in [0.2, 0.25) is 17.7 Å². The van der Waals surface area contributed by atoms with Crippen molar-refractivity contribution in [3.05, 3.63) is 34.2 Å². The molecule has 1 fully saturated rings. The van der Waals surface area contributed by atoms with Gasteiger partial charge in [0.15, 0.2) is 0 Å². The number of carbonyl (C=O) groups is 1. The van der Waals surface area contributed by atoms with Gasteiger partial charge in [-0.05, 0) is 23.8 Å². The average Bonchev–Trinajstić information content (AvgIpc) is 3.37. The first-order chi connectivity index (χ1) is 13.2. The second-order valence-electron chi connectivity index (χ2n) is 7.25. The Morgan fingerprint density at radius 3 is 2.70 bits per heavy atom. The number of amides is 1. The van der Waals surface area contributed by atoms with Gasteiger partial charge in [-0.15, -0.1) is 21.5 Å². The van der Waals surface area contributed by atoms with E-state index in [1.165, 1.54) is 32.1 Å². The molecule has 1 amide bonds. The maximum Gasteiger partial charge on any atom is 0.223 e. The summed E-state index contributed by atoms with van der Waals surface area (Å²) in [4.78, 5) is 15.3. The van der Waals surface area contributed by atoms with E-state index in [0.717, 1.165) is 23.6 Å². The van der Waals surface area contributed by atoms with Gasteiger partial charge in [0.1, 0.15) is 0 Å². The fourth-order valence-electron chi connectivity index (χ4n) is 3.67. The van der Waals surface area contributed by atoms with Crippen molar-refractivity contribution in [1.82, 2.24) is 15.1 Å². The molecule has 1 N–H and O–H groups in total. The molecule has 3 rings (SSSR count). The van der Waals surface area contributed by atoms with Crippen molar-refractivity contribution < 1.29 is 14.3 Å². The Hall–Kier alpha value is -1.73. The summed E-state index contributed by atoms with van der Waals surface area (Å²) < 4.78 is 5.73. The summed E-state index contributed by atoms with van der Waals surface area (Å²) in [7, 11) is 0. The summed E-state index contributed by atoms with van der Waals surface area (Å²) >= 11 is 1.61. The Bertz CT molecular complexity index is 680. The third-order valence-corrected chi connectivity index (χ3v) is 6.06. The number of nitrogens with zero attached hydrogens (tertiary/aromatic N) is 3. The highest BCUT2D eigenvalue weighted by atomic mass is 32.1. The zero-order valence-electron chi connectivity index (χ0n) is 15.8. The van der Waals surface area contributed by atoms with E-state index >= 15 is 0 Å². The van der Waals surface area contributed by atoms with Crippen molar-refractivity contribution in [2.24, 2.45) is 5.92 Å². The van der Waals surface area contributed by atoms with Crippen molar-refractivity contribution in [1.29, 1.82) is 0 Å². The summed E-state index contributed by atoms with van der Waals surface area (Å²) in [6.45, 7) is 0.837. The molecule has 0 aliphatic heterocycles. The fraction of sp³-hybridized carbons (Fsp3) is 0.650. The van der Waals surface area contributed by atoms with Crippen molar-refractivity contribution in [3.63, 3.8) is 0 Å². The number of hydrogen-bond donors (Lipinski definition) is 1. The number of carbonyl (C=O) groups excluding carboxylic acids is 1. The topological polar surface area (TPSA) is 79.5 Å². The minimum absolute atomic E-state index is 0.000550. The molecule has 0 unspecified atom stereocenters. The molecular formula is C20H29N3O3S. The molecule has 1 aliphatic rings. The van der Waals surface area contributed by atoms with Crippen LogP contribution in [0.5, 0.6) is 0 Å². The van der Waals surface area contributed by atoms with E-state index in [1.807, 2.05) is 17.5 Å². The molecule has 0 bridgehead atoms. The first kappa shape index (κ1) is 20.0. The minimum atomic E-state index is -0.0387. The molecular weight excluding hydrogens is 362 g/mol. The lowest BCUT2D eigenvalue weighted by atomic mass is 9.86. The third kappa shape index (κ3) is 6.43. The molecule has 148 valence electrons. The molecule has 0 atom stereocenters. The monoisotopic (exact) mass is 391 g/mol. The lowest BCUT2D eigenvalue weighted by molar-refractivity contribution is -0.132. The van der Waals surface area contributed by atoms with Crippen LogP contribution in [0.15, 0.2) is 21.9 Å². The summed E-state index contributed by atoms with van der Waals surface area (Å²) in [5.41, 5.74) is 0. The Labute approximate surface area is 164 Å². The number of aromatic nitrogens is 2. The van der Waals surface area contributed by atoms with Crippen LogP contribution < -0.4 is 0 Å².